The monoisotopic (exact) mass is 390 g/mol. The highest BCUT2D eigenvalue weighted by molar-refractivity contribution is 7.18. The highest BCUT2D eigenvalue weighted by Crippen LogP contribution is 2.35. The Bertz CT molecular complexity index is 843. The van der Waals surface area contributed by atoms with E-state index in [-0.39, 0.29) is 27.6 Å². The first kappa shape index (κ1) is 20.6. The summed E-state index contributed by atoms with van der Waals surface area (Å²) in [7, 11) is 0. The van der Waals surface area contributed by atoms with Crippen LogP contribution in [0.2, 0.25) is 0 Å². The van der Waals surface area contributed by atoms with Crippen molar-refractivity contribution in [3.05, 3.63) is 46.1 Å². The number of nitrogens with zero attached hydrogens (tertiary/aromatic N) is 1. The van der Waals surface area contributed by atoms with Crippen molar-refractivity contribution < 1.29 is 23.9 Å². The number of carbonyl (C=O) groups is 3. The number of aromatic nitrogens is 1. The molecule has 2 aromatic rings. The average molecular weight is 390 g/mol. The highest BCUT2D eigenvalue weighted by atomic mass is 32.1. The highest BCUT2D eigenvalue weighted by Gasteiger charge is 2.28. The fourth-order valence-corrected chi connectivity index (χ4v) is 3.33. The molecule has 7 nitrogen and oxygen atoms in total. The minimum Gasteiger partial charge on any atom is -0.459 e. The van der Waals surface area contributed by atoms with E-state index in [9.17, 15) is 14.4 Å². The second kappa shape index (κ2) is 8.77. The van der Waals surface area contributed by atoms with Crippen LogP contribution in [0.4, 0.5) is 5.00 Å². The summed E-state index contributed by atoms with van der Waals surface area (Å²) in [6.45, 7) is 8.56. The summed E-state index contributed by atoms with van der Waals surface area (Å²) in [6, 6.07) is 3.10. The van der Waals surface area contributed by atoms with Gasteiger partial charge in [0, 0.05) is 18.0 Å². The third-order valence-corrected chi connectivity index (χ3v) is 4.58. The van der Waals surface area contributed by atoms with Crippen LogP contribution in [0.1, 0.15) is 63.6 Å². The van der Waals surface area contributed by atoms with E-state index in [4.69, 9.17) is 9.47 Å². The van der Waals surface area contributed by atoms with Crippen molar-refractivity contribution in [3.8, 4) is 0 Å². The van der Waals surface area contributed by atoms with Gasteiger partial charge >= 0.3 is 11.9 Å². The van der Waals surface area contributed by atoms with Gasteiger partial charge in [-0.15, -0.1) is 11.3 Å². The summed E-state index contributed by atoms with van der Waals surface area (Å²) < 4.78 is 10.5. The molecule has 0 bridgehead atoms. The zero-order chi connectivity index (χ0) is 20.1. The first-order valence-corrected chi connectivity index (χ1v) is 9.29. The molecule has 2 heterocycles. The van der Waals surface area contributed by atoms with Gasteiger partial charge in [-0.25, -0.2) is 9.59 Å². The minimum atomic E-state index is -0.604. The van der Waals surface area contributed by atoms with Crippen LogP contribution in [-0.2, 0) is 9.47 Å². The molecule has 1 amide bonds. The van der Waals surface area contributed by atoms with Crippen LogP contribution in [0.15, 0.2) is 24.5 Å². The molecule has 0 spiro atoms. The van der Waals surface area contributed by atoms with E-state index >= 15 is 0 Å². The van der Waals surface area contributed by atoms with Crippen molar-refractivity contribution in [2.75, 3.05) is 5.32 Å². The van der Waals surface area contributed by atoms with E-state index in [1.54, 1.807) is 46.8 Å². The van der Waals surface area contributed by atoms with Crippen LogP contribution in [0.3, 0.4) is 0 Å². The standard InChI is InChI=1S/C19H22N2O5S/c1-10(2)25-18(23)14-12(5)15(19(24)26-11(3)4)27-17(14)21-16(22)13-6-8-20-9-7-13/h6-11H,1-5H3,(H,21,22). The van der Waals surface area contributed by atoms with Gasteiger partial charge in [0.15, 0.2) is 0 Å². The van der Waals surface area contributed by atoms with E-state index in [1.807, 2.05) is 0 Å². The normalized spacial score (nSPS) is 10.8. The molecule has 1 N–H and O–H groups in total. The minimum absolute atomic E-state index is 0.159. The smallest absolute Gasteiger partial charge is 0.348 e. The van der Waals surface area contributed by atoms with Crippen molar-refractivity contribution in [1.82, 2.24) is 4.98 Å². The maximum absolute atomic E-state index is 12.5. The third kappa shape index (κ3) is 5.13. The molecule has 0 unspecified atom stereocenters. The summed E-state index contributed by atoms with van der Waals surface area (Å²) in [5.74, 6) is -1.57. The Balaban J connectivity index is 2.42. The lowest BCUT2D eigenvalue weighted by Gasteiger charge is -2.10. The Labute approximate surface area is 161 Å². The van der Waals surface area contributed by atoms with E-state index in [0.717, 1.165) is 11.3 Å². The summed E-state index contributed by atoms with van der Waals surface area (Å²) in [4.78, 5) is 41.5. The van der Waals surface area contributed by atoms with Gasteiger partial charge in [0.05, 0.1) is 17.8 Å². The summed E-state index contributed by atoms with van der Waals surface area (Å²) in [6.07, 6.45) is 2.34. The summed E-state index contributed by atoms with van der Waals surface area (Å²) in [5.41, 5.74) is 0.957. The van der Waals surface area contributed by atoms with Crippen LogP contribution >= 0.6 is 11.3 Å². The second-order valence-electron chi connectivity index (χ2n) is 6.36. The van der Waals surface area contributed by atoms with Crippen LogP contribution in [0.25, 0.3) is 0 Å². The summed E-state index contributed by atoms with van der Waals surface area (Å²) >= 11 is 0.992. The molecule has 0 aliphatic heterocycles. The number of nitrogens with one attached hydrogen (secondary N) is 1. The number of esters is 2. The van der Waals surface area contributed by atoms with Crippen LogP contribution in [0.5, 0.6) is 0 Å². The van der Waals surface area contributed by atoms with Gasteiger partial charge < -0.3 is 14.8 Å². The lowest BCUT2D eigenvalue weighted by atomic mass is 10.1. The number of amides is 1. The Morgan fingerprint density at radius 3 is 2.11 bits per heavy atom. The zero-order valence-corrected chi connectivity index (χ0v) is 16.7. The topological polar surface area (TPSA) is 94.6 Å². The Morgan fingerprint density at radius 2 is 1.56 bits per heavy atom. The number of anilines is 1. The lowest BCUT2D eigenvalue weighted by Crippen LogP contribution is -2.17. The molecular formula is C19H22N2O5S. The van der Waals surface area contributed by atoms with E-state index in [0.29, 0.717) is 11.1 Å². The number of pyridine rings is 1. The number of hydrogen-bond donors (Lipinski definition) is 1. The van der Waals surface area contributed by atoms with Crippen LogP contribution < -0.4 is 5.32 Å². The van der Waals surface area contributed by atoms with E-state index in [1.165, 1.54) is 12.4 Å². The molecule has 27 heavy (non-hydrogen) atoms. The molecule has 0 atom stereocenters. The second-order valence-corrected chi connectivity index (χ2v) is 7.38. The maximum atomic E-state index is 12.5. The quantitative estimate of drug-likeness (QED) is 0.753. The fourth-order valence-electron chi connectivity index (χ4n) is 2.26. The number of ether oxygens (including phenoxy) is 2. The molecule has 0 aliphatic carbocycles. The summed E-state index contributed by atoms with van der Waals surface area (Å²) in [5, 5.41) is 2.94. The van der Waals surface area contributed by atoms with Gasteiger partial charge in [-0.3, -0.25) is 9.78 Å². The van der Waals surface area contributed by atoms with Gasteiger partial charge in [0.1, 0.15) is 9.88 Å². The number of rotatable bonds is 6. The molecule has 0 aliphatic rings. The van der Waals surface area contributed by atoms with Gasteiger partial charge in [0.2, 0.25) is 0 Å². The molecule has 0 radical (unpaired) electrons. The molecule has 0 aromatic carbocycles. The molecule has 0 fully saturated rings. The predicted octanol–water partition coefficient (Wildman–Crippen LogP) is 3.83. The molecule has 0 saturated heterocycles. The Hall–Kier alpha value is -2.74. The largest absolute Gasteiger partial charge is 0.459 e. The van der Waals surface area contributed by atoms with E-state index < -0.39 is 17.8 Å². The van der Waals surface area contributed by atoms with Gasteiger partial charge in [-0.2, -0.15) is 0 Å². The molecule has 144 valence electrons. The van der Waals surface area contributed by atoms with Gasteiger partial charge in [-0.1, -0.05) is 0 Å². The molecular weight excluding hydrogens is 368 g/mol. The van der Waals surface area contributed by atoms with Crippen molar-refractivity contribution in [2.45, 2.75) is 46.8 Å². The maximum Gasteiger partial charge on any atom is 0.348 e. The van der Waals surface area contributed by atoms with Gasteiger partial charge in [-0.05, 0) is 52.3 Å². The Morgan fingerprint density at radius 1 is 1.00 bits per heavy atom. The number of hydrogen-bond acceptors (Lipinski definition) is 7. The van der Waals surface area contributed by atoms with E-state index in [2.05, 4.69) is 10.3 Å². The zero-order valence-electron chi connectivity index (χ0n) is 15.9. The molecule has 2 aromatic heterocycles. The fraction of sp³-hybridized carbons (Fsp3) is 0.368. The lowest BCUT2D eigenvalue weighted by molar-refractivity contribution is 0.0378. The van der Waals surface area contributed by atoms with Crippen LogP contribution in [0, 0.1) is 6.92 Å². The predicted molar refractivity (Wildman–Crippen MR) is 102 cm³/mol. The van der Waals surface area contributed by atoms with Crippen molar-refractivity contribution >= 4 is 34.2 Å². The molecule has 0 saturated carbocycles. The SMILES string of the molecule is Cc1c(C(=O)OC(C)C)sc(NC(=O)c2ccncc2)c1C(=O)OC(C)C. The first-order chi connectivity index (χ1) is 12.7. The Kier molecular flexibility index (Phi) is 6.68. The average Bonchev–Trinajstić information content (AvgIpc) is 2.90. The number of carbonyl (C=O) groups excluding carboxylic acids is 3. The van der Waals surface area contributed by atoms with Crippen molar-refractivity contribution in [2.24, 2.45) is 0 Å². The first-order valence-electron chi connectivity index (χ1n) is 8.47. The number of thiophene rings is 1. The van der Waals surface area contributed by atoms with Gasteiger partial charge in [0.25, 0.3) is 5.91 Å². The molecule has 8 heteroatoms. The molecule has 2 rings (SSSR count). The van der Waals surface area contributed by atoms with Crippen molar-refractivity contribution in [1.29, 1.82) is 0 Å². The van der Waals surface area contributed by atoms with Crippen LogP contribution in [-0.4, -0.2) is 35.0 Å². The third-order valence-electron chi connectivity index (χ3n) is 3.39. The van der Waals surface area contributed by atoms with Crippen molar-refractivity contribution in [3.63, 3.8) is 0 Å².